The lowest BCUT2D eigenvalue weighted by Crippen LogP contribution is -2.31. The third-order valence-corrected chi connectivity index (χ3v) is 6.30. The molecule has 0 spiro atoms. The maximum Gasteiger partial charge on any atom is 0.423 e. The number of benzene rings is 1. The Hall–Kier alpha value is -4.48. The molecule has 3 aromatic rings. The van der Waals surface area contributed by atoms with E-state index in [-0.39, 0.29) is 30.1 Å². The number of hydrogen-bond donors (Lipinski definition) is 2. The molecule has 12 heteroatoms. The second-order valence-electron chi connectivity index (χ2n) is 9.28. The molecule has 2 N–H and O–H groups in total. The van der Waals surface area contributed by atoms with Gasteiger partial charge < -0.3 is 20.1 Å². The van der Waals surface area contributed by atoms with E-state index in [4.69, 9.17) is 9.47 Å². The normalized spacial score (nSPS) is 12.6. The van der Waals surface area contributed by atoms with Gasteiger partial charge in [-0.05, 0) is 56.4 Å². The highest BCUT2D eigenvalue weighted by Crippen LogP contribution is 2.34. The summed E-state index contributed by atoms with van der Waals surface area (Å²) in [4.78, 5) is 56.3. The third kappa shape index (κ3) is 6.16. The van der Waals surface area contributed by atoms with Gasteiger partial charge in [0.1, 0.15) is 11.8 Å². The lowest BCUT2D eigenvalue weighted by molar-refractivity contribution is -0.151. The number of nitrogens with one attached hydrogen (secondary N) is 2. The SMILES string of the molecule is CCCNC(=O)c1cn2ncnc(N(C(=O)OCOC(=O)CC)c3cc(C(=O)NC4CC4)ccc3C)c2c1C. The van der Waals surface area contributed by atoms with Crippen LogP contribution in [-0.4, -0.2) is 57.9 Å². The number of aryl methyl sites for hydroxylation is 2. The molecule has 0 radical (unpaired) electrons. The minimum absolute atomic E-state index is 0.122. The van der Waals surface area contributed by atoms with Crippen LogP contribution in [0.3, 0.4) is 0 Å². The number of rotatable bonds is 10. The van der Waals surface area contributed by atoms with Crippen molar-refractivity contribution in [2.45, 2.75) is 59.4 Å². The zero-order valence-electron chi connectivity index (χ0n) is 22.4. The van der Waals surface area contributed by atoms with Crippen LogP contribution >= 0.6 is 0 Å². The molecule has 2 heterocycles. The highest BCUT2D eigenvalue weighted by atomic mass is 16.7. The Labute approximate surface area is 225 Å². The van der Waals surface area contributed by atoms with Crippen molar-refractivity contribution in [2.75, 3.05) is 18.2 Å². The molecular weight excluding hydrogens is 504 g/mol. The average molecular weight is 537 g/mol. The van der Waals surface area contributed by atoms with Gasteiger partial charge >= 0.3 is 12.1 Å². The van der Waals surface area contributed by atoms with Crippen molar-refractivity contribution in [2.24, 2.45) is 0 Å². The monoisotopic (exact) mass is 536 g/mol. The fourth-order valence-corrected chi connectivity index (χ4v) is 3.97. The number of carbonyl (C=O) groups excluding carboxylic acids is 4. The molecule has 12 nitrogen and oxygen atoms in total. The number of nitrogens with zero attached hydrogens (tertiary/aromatic N) is 4. The molecule has 0 atom stereocenters. The first-order valence-corrected chi connectivity index (χ1v) is 12.9. The molecule has 1 aliphatic rings. The largest absolute Gasteiger partial charge is 0.428 e. The quantitative estimate of drug-likeness (QED) is 0.296. The van der Waals surface area contributed by atoms with Crippen LogP contribution in [0, 0.1) is 13.8 Å². The van der Waals surface area contributed by atoms with E-state index in [1.54, 1.807) is 45.2 Å². The van der Waals surface area contributed by atoms with E-state index in [0.717, 1.165) is 19.3 Å². The Kier molecular flexibility index (Phi) is 8.43. The predicted molar refractivity (Wildman–Crippen MR) is 142 cm³/mol. The fraction of sp³-hybridized carbons (Fsp3) is 0.407. The van der Waals surface area contributed by atoms with E-state index in [0.29, 0.717) is 40.0 Å². The molecule has 0 bridgehead atoms. The Morgan fingerprint density at radius 3 is 2.56 bits per heavy atom. The summed E-state index contributed by atoms with van der Waals surface area (Å²) in [6.07, 6.45) is 4.69. The number of ether oxygens (including phenoxy) is 2. The smallest absolute Gasteiger partial charge is 0.423 e. The van der Waals surface area contributed by atoms with Crippen molar-refractivity contribution in [3.8, 4) is 0 Å². The van der Waals surface area contributed by atoms with Crippen molar-refractivity contribution in [1.82, 2.24) is 25.2 Å². The zero-order valence-corrected chi connectivity index (χ0v) is 22.4. The second kappa shape index (κ2) is 11.9. The van der Waals surface area contributed by atoms with E-state index in [2.05, 4.69) is 20.7 Å². The van der Waals surface area contributed by atoms with Gasteiger partial charge in [0.2, 0.25) is 6.79 Å². The van der Waals surface area contributed by atoms with Crippen LogP contribution in [0.1, 0.15) is 71.4 Å². The summed E-state index contributed by atoms with van der Waals surface area (Å²) < 4.78 is 11.7. The van der Waals surface area contributed by atoms with Crippen molar-refractivity contribution >= 4 is 40.9 Å². The minimum atomic E-state index is -0.889. The van der Waals surface area contributed by atoms with Crippen LogP contribution in [0.15, 0.2) is 30.7 Å². The Balaban J connectivity index is 1.80. The first-order chi connectivity index (χ1) is 18.7. The van der Waals surface area contributed by atoms with Crippen LogP contribution in [0.25, 0.3) is 5.52 Å². The molecule has 39 heavy (non-hydrogen) atoms. The molecule has 1 saturated carbocycles. The third-order valence-electron chi connectivity index (χ3n) is 6.30. The molecule has 1 aliphatic carbocycles. The number of aromatic nitrogens is 3. The summed E-state index contributed by atoms with van der Waals surface area (Å²) in [5.74, 6) is -0.933. The summed E-state index contributed by atoms with van der Waals surface area (Å²) in [6.45, 7) is 7.00. The van der Waals surface area contributed by atoms with Gasteiger partial charge in [-0.3, -0.25) is 14.4 Å². The number of anilines is 2. The van der Waals surface area contributed by atoms with Crippen molar-refractivity contribution in [3.63, 3.8) is 0 Å². The molecule has 0 saturated heterocycles. The van der Waals surface area contributed by atoms with Gasteiger partial charge in [-0.2, -0.15) is 5.10 Å². The summed E-state index contributed by atoms with van der Waals surface area (Å²) in [5.41, 5.74) is 2.67. The summed E-state index contributed by atoms with van der Waals surface area (Å²) >= 11 is 0. The maximum atomic E-state index is 13.5. The molecule has 1 aromatic carbocycles. The topological polar surface area (TPSA) is 144 Å². The highest BCUT2D eigenvalue weighted by molar-refractivity contribution is 6.05. The molecule has 1 fully saturated rings. The van der Waals surface area contributed by atoms with Gasteiger partial charge in [0, 0.05) is 30.8 Å². The molecule has 206 valence electrons. The molecule has 4 rings (SSSR count). The number of amides is 3. The van der Waals surface area contributed by atoms with E-state index in [9.17, 15) is 19.2 Å². The van der Waals surface area contributed by atoms with Gasteiger partial charge in [-0.15, -0.1) is 0 Å². The van der Waals surface area contributed by atoms with Crippen LogP contribution in [0.2, 0.25) is 0 Å². The fourth-order valence-electron chi connectivity index (χ4n) is 3.97. The zero-order chi connectivity index (χ0) is 28.1. The Bertz CT molecular complexity index is 1410. The summed E-state index contributed by atoms with van der Waals surface area (Å²) in [6, 6.07) is 5.13. The van der Waals surface area contributed by atoms with Crippen molar-refractivity contribution < 1.29 is 28.7 Å². The van der Waals surface area contributed by atoms with Gasteiger partial charge in [-0.1, -0.05) is 19.9 Å². The Morgan fingerprint density at radius 1 is 1.10 bits per heavy atom. The van der Waals surface area contributed by atoms with Gasteiger partial charge in [0.15, 0.2) is 5.82 Å². The lowest BCUT2D eigenvalue weighted by atomic mass is 10.1. The number of esters is 1. The van der Waals surface area contributed by atoms with Crippen LogP contribution in [0.5, 0.6) is 0 Å². The molecule has 0 aliphatic heterocycles. The van der Waals surface area contributed by atoms with Gasteiger partial charge in [0.05, 0.1) is 11.3 Å². The Morgan fingerprint density at radius 2 is 1.87 bits per heavy atom. The van der Waals surface area contributed by atoms with Crippen LogP contribution in [-0.2, 0) is 14.3 Å². The first-order valence-electron chi connectivity index (χ1n) is 12.9. The van der Waals surface area contributed by atoms with Crippen LogP contribution in [0.4, 0.5) is 16.3 Å². The van der Waals surface area contributed by atoms with E-state index >= 15 is 0 Å². The van der Waals surface area contributed by atoms with Crippen molar-refractivity contribution in [1.29, 1.82) is 0 Å². The van der Waals surface area contributed by atoms with E-state index < -0.39 is 18.9 Å². The van der Waals surface area contributed by atoms with E-state index in [1.165, 1.54) is 15.7 Å². The second-order valence-corrected chi connectivity index (χ2v) is 9.28. The molecule has 2 aromatic heterocycles. The maximum absolute atomic E-state index is 13.5. The molecule has 0 unspecified atom stereocenters. The molecule has 3 amide bonds. The number of fused-ring (bicyclic) bond motifs is 1. The highest BCUT2D eigenvalue weighted by Gasteiger charge is 2.30. The number of carbonyl (C=O) groups is 4. The standard InChI is InChI=1S/C27H32N6O6/c1-5-11-28-26(36)20-13-32-23(17(20)4)24(29-14-30-32)33(27(37)39-15-38-22(34)6-2)21-12-18(8-7-16(21)3)25(35)31-19-9-10-19/h7-8,12-14,19H,5-6,9-11,15H2,1-4H3,(H,28,36)(H,31,35). The average Bonchev–Trinajstić information content (AvgIpc) is 3.68. The lowest BCUT2D eigenvalue weighted by Gasteiger charge is -2.24. The number of hydrogen-bond acceptors (Lipinski definition) is 8. The predicted octanol–water partition coefficient (Wildman–Crippen LogP) is 3.56. The summed E-state index contributed by atoms with van der Waals surface area (Å²) in [5, 5.41) is 10.0. The van der Waals surface area contributed by atoms with Crippen molar-refractivity contribution in [3.05, 3.63) is 53.0 Å². The van der Waals surface area contributed by atoms with Crippen LogP contribution < -0.4 is 15.5 Å². The van der Waals surface area contributed by atoms with Gasteiger partial charge in [0.25, 0.3) is 11.8 Å². The first kappa shape index (κ1) is 27.6. The molecular formula is C27H32N6O6. The van der Waals surface area contributed by atoms with E-state index in [1.807, 2.05) is 6.92 Å². The van der Waals surface area contributed by atoms with Gasteiger partial charge in [-0.25, -0.2) is 19.2 Å². The summed E-state index contributed by atoms with van der Waals surface area (Å²) in [7, 11) is 0. The minimum Gasteiger partial charge on any atom is -0.428 e.